The van der Waals surface area contributed by atoms with Gasteiger partial charge in [-0.2, -0.15) is 10.3 Å². The van der Waals surface area contributed by atoms with Crippen LogP contribution in [0.3, 0.4) is 0 Å². The molecule has 0 aromatic heterocycles. The fourth-order valence-corrected chi connectivity index (χ4v) is 1.98. The standard InChI is InChI=1S/C10H10FN3O4.Li/c1-5-2-6(3-12)13-4-7(5)14(10(13)17)18-8(11)9(15)16;/h2,6-8H,4H2,1H3,(H,15,16);/q;+1/p-1/t6-,7-,8-;/m0./s1. The third-order valence-corrected chi connectivity index (χ3v) is 2.89. The molecule has 2 bridgehead atoms. The number of hydrogen-bond acceptors (Lipinski definition) is 5. The van der Waals surface area contributed by atoms with Gasteiger partial charge < -0.3 is 14.8 Å². The number of urea groups is 1. The minimum Gasteiger partial charge on any atom is -0.544 e. The molecule has 3 atom stereocenters. The number of rotatable bonds is 3. The monoisotopic (exact) mass is 261 g/mol. The summed E-state index contributed by atoms with van der Waals surface area (Å²) in [6, 6.07) is -0.150. The number of halogens is 1. The van der Waals surface area contributed by atoms with Crippen LogP contribution in [0.25, 0.3) is 0 Å². The largest absolute Gasteiger partial charge is 1.00 e. The van der Waals surface area contributed by atoms with Gasteiger partial charge in [0.15, 0.2) is 0 Å². The Morgan fingerprint density at radius 3 is 2.89 bits per heavy atom. The summed E-state index contributed by atoms with van der Waals surface area (Å²) in [5.41, 5.74) is 0.647. The Kier molecular flexibility index (Phi) is 4.59. The van der Waals surface area contributed by atoms with E-state index < -0.39 is 30.4 Å². The zero-order chi connectivity index (χ0) is 13.4. The number of nitrogens with zero attached hydrogens (tertiary/aromatic N) is 3. The minimum atomic E-state index is -2.72. The smallest absolute Gasteiger partial charge is 0.544 e. The minimum absolute atomic E-state index is 0. The number of hydroxylamine groups is 2. The second-order valence-electron chi connectivity index (χ2n) is 4.00. The Labute approximate surface area is 120 Å². The van der Waals surface area contributed by atoms with Crippen molar-refractivity contribution in [1.29, 1.82) is 5.26 Å². The molecule has 1 saturated heterocycles. The number of hydrogen-bond donors (Lipinski definition) is 0. The Balaban J connectivity index is 0.00000180. The summed E-state index contributed by atoms with van der Waals surface area (Å²) < 4.78 is 12.9. The first-order valence-electron chi connectivity index (χ1n) is 5.15. The number of fused-ring (bicyclic) bond motifs is 2. The number of carbonyl (C=O) groups excluding carboxylic acids is 2. The van der Waals surface area contributed by atoms with Crippen molar-refractivity contribution >= 4 is 12.0 Å². The molecule has 0 aromatic rings. The maximum Gasteiger partial charge on any atom is 1.00 e. The fourth-order valence-electron chi connectivity index (χ4n) is 1.98. The summed E-state index contributed by atoms with van der Waals surface area (Å²) in [6.07, 6.45) is -1.16. The second kappa shape index (κ2) is 5.62. The van der Waals surface area contributed by atoms with Crippen molar-refractivity contribution in [3.63, 3.8) is 0 Å². The van der Waals surface area contributed by atoms with Crippen LogP contribution in [0.4, 0.5) is 9.18 Å². The van der Waals surface area contributed by atoms with E-state index in [0.29, 0.717) is 10.6 Å². The molecule has 2 amide bonds. The zero-order valence-electron chi connectivity index (χ0n) is 10.4. The Bertz CT molecular complexity index is 478. The Morgan fingerprint density at radius 2 is 2.37 bits per heavy atom. The number of amides is 2. The van der Waals surface area contributed by atoms with Crippen molar-refractivity contribution in [1.82, 2.24) is 9.96 Å². The van der Waals surface area contributed by atoms with Gasteiger partial charge in [0.05, 0.1) is 12.6 Å². The molecule has 2 aliphatic heterocycles. The van der Waals surface area contributed by atoms with E-state index >= 15 is 0 Å². The van der Waals surface area contributed by atoms with Gasteiger partial charge in [0, 0.05) is 0 Å². The molecule has 0 N–H and O–H groups in total. The van der Waals surface area contributed by atoms with Crippen LogP contribution in [0, 0.1) is 11.3 Å². The van der Waals surface area contributed by atoms with Crippen molar-refractivity contribution in [2.24, 2.45) is 0 Å². The molecule has 0 radical (unpaired) electrons. The molecule has 9 heteroatoms. The van der Waals surface area contributed by atoms with Gasteiger partial charge in [-0.3, -0.25) is 0 Å². The van der Waals surface area contributed by atoms with Crippen molar-refractivity contribution in [2.75, 3.05) is 6.54 Å². The van der Waals surface area contributed by atoms with Crippen LogP contribution in [-0.4, -0.2) is 46.9 Å². The fraction of sp³-hybridized carbons (Fsp3) is 0.500. The van der Waals surface area contributed by atoms with Crippen LogP contribution in [0.1, 0.15) is 6.92 Å². The molecule has 0 aliphatic carbocycles. The molecule has 0 saturated carbocycles. The summed E-state index contributed by atoms with van der Waals surface area (Å²) in [5.74, 6) is -2.06. The average Bonchev–Trinajstić information content (AvgIpc) is 2.60. The van der Waals surface area contributed by atoms with E-state index in [1.807, 2.05) is 6.07 Å². The number of carboxylic acid groups (broad SMARTS) is 1. The van der Waals surface area contributed by atoms with Crippen LogP contribution in [0.15, 0.2) is 11.6 Å². The van der Waals surface area contributed by atoms with E-state index in [9.17, 15) is 19.1 Å². The first-order chi connectivity index (χ1) is 8.45. The van der Waals surface area contributed by atoms with Crippen LogP contribution in [0.2, 0.25) is 0 Å². The second-order valence-corrected chi connectivity index (χ2v) is 4.00. The summed E-state index contributed by atoms with van der Waals surface area (Å²) >= 11 is 0. The molecule has 7 nitrogen and oxygen atoms in total. The van der Waals surface area contributed by atoms with Gasteiger partial charge in [-0.25, -0.2) is 14.0 Å². The zero-order valence-corrected chi connectivity index (χ0v) is 10.4. The van der Waals surface area contributed by atoms with Gasteiger partial charge in [0.1, 0.15) is 18.1 Å². The first kappa shape index (κ1) is 15.5. The maximum atomic E-state index is 12.9. The molecular weight excluding hydrogens is 252 g/mol. The summed E-state index contributed by atoms with van der Waals surface area (Å²) in [7, 11) is 0. The quantitative estimate of drug-likeness (QED) is 0.380. The summed E-state index contributed by atoms with van der Waals surface area (Å²) in [5, 5.41) is 19.8. The molecule has 96 valence electrons. The van der Waals surface area contributed by atoms with Crippen LogP contribution < -0.4 is 24.0 Å². The molecule has 2 heterocycles. The predicted octanol–water partition coefficient (Wildman–Crippen LogP) is -4.07. The number of carbonyl (C=O) groups is 2. The van der Waals surface area contributed by atoms with E-state index in [0.717, 1.165) is 0 Å². The molecule has 0 unspecified atom stereocenters. The van der Waals surface area contributed by atoms with Crippen molar-refractivity contribution < 1.29 is 42.8 Å². The van der Waals surface area contributed by atoms with Crippen molar-refractivity contribution in [3.8, 4) is 6.07 Å². The number of aliphatic carboxylic acids is 1. The normalized spacial score (nSPS) is 26.4. The van der Waals surface area contributed by atoms with E-state index in [-0.39, 0.29) is 25.4 Å². The summed E-state index contributed by atoms with van der Waals surface area (Å²) in [6.45, 7) is 1.83. The first-order valence-corrected chi connectivity index (χ1v) is 5.15. The number of nitriles is 1. The van der Waals surface area contributed by atoms with Gasteiger partial charge in [-0.05, 0) is 18.6 Å². The molecular formula is C10H9FLiN3O4. The van der Waals surface area contributed by atoms with E-state index in [2.05, 4.69) is 4.84 Å². The van der Waals surface area contributed by atoms with Crippen LogP contribution in [0.5, 0.6) is 0 Å². The predicted molar refractivity (Wildman–Crippen MR) is 51.9 cm³/mol. The SMILES string of the molecule is CC1=C[C@@H](C#N)N2C[C@@H]1N(O[C@H](F)C(=O)[O-])C2=O.[Li+]. The Hall–Kier alpha value is -1.54. The Morgan fingerprint density at radius 1 is 1.74 bits per heavy atom. The number of alkyl halides is 1. The van der Waals surface area contributed by atoms with E-state index in [1.54, 1.807) is 13.0 Å². The maximum absolute atomic E-state index is 12.9. The van der Waals surface area contributed by atoms with Crippen molar-refractivity contribution in [3.05, 3.63) is 11.6 Å². The molecule has 2 rings (SSSR count). The topological polar surface area (TPSA) is 96.7 Å². The van der Waals surface area contributed by atoms with Gasteiger partial charge in [0.2, 0.25) is 0 Å². The van der Waals surface area contributed by atoms with Gasteiger partial charge >= 0.3 is 24.9 Å². The van der Waals surface area contributed by atoms with E-state index in [1.165, 1.54) is 4.90 Å². The average molecular weight is 261 g/mol. The van der Waals surface area contributed by atoms with Gasteiger partial charge in [-0.15, -0.1) is 0 Å². The van der Waals surface area contributed by atoms with E-state index in [4.69, 9.17) is 5.26 Å². The van der Waals surface area contributed by atoms with Crippen LogP contribution >= 0.6 is 0 Å². The third kappa shape index (κ3) is 2.59. The van der Waals surface area contributed by atoms with Crippen LogP contribution in [-0.2, 0) is 9.63 Å². The number of carboxylic acids is 1. The summed E-state index contributed by atoms with van der Waals surface area (Å²) in [4.78, 5) is 27.7. The molecule has 0 spiro atoms. The third-order valence-electron chi connectivity index (χ3n) is 2.89. The molecule has 19 heavy (non-hydrogen) atoms. The molecule has 2 aliphatic rings. The van der Waals surface area contributed by atoms with Gasteiger partial charge in [-0.1, -0.05) is 0 Å². The molecule has 1 fully saturated rings. The van der Waals surface area contributed by atoms with Gasteiger partial charge in [0.25, 0.3) is 6.36 Å². The van der Waals surface area contributed by atoms with Crippen molar-refractivity contribution in [2.45, 2.75) is 25.4 Å². The molecule has 0 aromatic carbocycles.